The van der Waals surface area contributed by atoms with E-state index in [0.29, 0.717) is 18.1 Å². The summed E-state index contributed by atoms with van der Waals surface area (Å²) in [7, 11) is 1.58. The molecule has 6 nitrogen and oxygen atoms in total. The number of hydrogen-bond acceptors (Lipinski definition) is 4. The van der Waals surface area contributed by atoms with E-state index in [0.717, 1.165) is 22.4 Å². The molecular formula is C20H17N3O3. The zero-order valence-electron chi connectivity index (χ0n) is 14.2. The van der Waals surface area contributed by atoms with Gasteiger partial charge < -0.3 is 19.5 Å². The van der Waals surface area contributed by atoms with Gasteiger partial charge in [0.2, 0.25) is 0 Å². The second-order valence-corrected chi connectivity index (χ2v) is 5.84. The topological polar surface area (TPSA) is 80.1 Å². The van der Waals surface area contributed by atoms with Crippen molar-refractivity contribution in [1.29, 1.82) is 0 Å². The quantitative estimate of drug-likeness (QED) is 0.566. The Hall–Kier alpha value is -3.38. The fraction of sp³-hybridized carbons (Fsp3) is 0.100. The van der Waals surface area contributed by atoms with Gasteiger partial charge in [-0.3, -0.25) is 4.79 Å². The SMILES string of the molecule is COCc1ccc(C(=O)Nc2cccc(-c3nc4ccccc4[nH]3)c2)o1. The minimum atomic E-state index is -0.311. The van der Waals surface area contributed by atoms with Crippen LogP contribution in [0.25, 0.3) is 22.4 Å². The predicted octanol–water partition coefficient (Wildman–Crippen LogP) is 4.22. The number of para-hydroxylation sites is 2. The molecule has 0 aliphatic carbocycles. The Morgan fingerprint density at radius 1 is 1.15 bits per heavy atom. The molecule has 0 bridgehead atoms. The largest absolute Gasteiger partial charge is 0.453 e. The van der Waals surface area contributed by atoms with Crippen molar-refractivity contribution in [2.45, 2.75) is 6.61 Å². The zero-order valence-corrected chi connectivity index (χ0v) is 14.2. The number of H-pyrrole nitrogens is 1. The third kappa shape index (κ3) is 3.22. The van der Waals surface area contributed by atoms with Crippen molar-refractivity contribution in [2.75, 3.05) is 12.4 Å². The maximum atomic E-state index is 12.4. The summed E-state index contributed by atoms with van der Waals surface area (Å²) in [5, 5.41) is 2.84. The minimum Gasteiger partial charge on any atom is -0.453 e. The van der Waals surface area contributed by atoms with Crippen molar-refractivity contribution >= 4 is 22.6 Å². The number of ether oxygens (including phenoxy) is 1. The third-order valence-electron chi connectivity index (χ3n) is 3.96. The molecule has 0 radical (unpaired) electrons. The van der Waals surface area contributed by atoms with E-state index < -0.39 is 0 Å². The molecule has 0 aliphatic rings. The lowest BCUT2D eigenvalue weighted by Gasteiger charge is -2.05. The van der Waals surface area contributed by atoms with Gasteiger partial charge in [-0.2, -0.15) is 0 Å². The molecule has 0 saturated heterocycles. The number of nitrogens with one attached hydrogen (secondary N) is 2. The summed E-state index contributed by atoms with van der Waals surface area (Å²) >= 11 is 0. The molecular weight excluding hydrogens is 330 g/mol. The maximum absolute atomic E-state index is 12.4. The number of aromatic nitrogens is 2. The highest BCUT2D eigenvalue weighted by atomic mass is 16.5. The Kier molecular flexibility index (Phi) is 4.25. The van der Waals surface area contributed by atoms with Gasteiger partial charge in [-0.05, 0) is 36.4 Å². The zero-order chi connectivity index (χ0) is 17.9. The predicted molar refractivity (Wildman–Crippen MR) is 98.9 cm³/mol. The number of anilines is 1. The molecule has 0 aliphatic heterocycles. The molecule has 6 heteroatoms. The summed E-state index contributed by atoms with van der Waals surface area (Å²) in [5.74, 6) is 1.29. The highest BCUT2D eigenvalue weighted by molar-refractivity contribution is 6.02. The number of furan rings is 1. The van der Waals surface area contributed by atoms with E-state index in [9.17, 15) is 4.79 Å². The van der Waals surface area contributed by atoms with Crippen molar-refractivity contribution in [2.24, 2.45) is 0 Å². The smallest absolute Gasteiger partial charge is 0.291 e. The first-order valence-electron chi connectivity index (χ1n) is 8.17. The van der Waals surface area contributed by atoms with Crippen LogP contribution in [0.3, 0.4) is 0 Å². The van der Waals surface area contributed by atoms with Crippen LogP contribution in [0.1, 0.15) is 16.3 Å². The molecule has 0 fully saturated rings. The maximum Gasteiger partial charge on any atom is 0.291 e. The molecule has 1 amide bonds. The van der Waals surface area contributed by atoms with Gasteiger partial charge in [0, 0.05) is 18.4 Å². The lowest BCUT2D eigenvalue weighted by atomic mass is 10.2. The Morgan fingerprint density at radius 3 is 2.88 bits per heavy atom. The van der Waals surface area contributed by atoms with Crippen LogP contribution in [0.2, 0.25) is 0 Å². The normalized spacial score (nSPS) is 11.0. The van der Waals surface area contributed by atoms with Crippen molar-refractivity contribution in [3.05, 3.63) is 72.2 Å². The van der Waals surface area contributed by atoms with Gasteiger partial charge in [0.05, 0.1) is 11.0 Å². The molecule has 0 spiro atoms. The Labute approximate surface area is 149 Å². The summed E-state index contributed by atoms with van der Waals surface area (Å²) in [6, 6.07) is 18.7. The van der Waals surface area contributed by atoms with Gasteiger partial charge >= 0.3 is 0 Å². The fourth-order valence-corrected chi connectivity index (χ4v) is 2.75. The number of nitrogens with zero attached hydrogens (tertiary/aromatic N) is 1. The monoisotopic (exact) mass is 347 g/mol. The number of methoxy groups -OCH3 is 1. The first-order valence-corrected chi connectivity index (χ1v) is 8.17. The third-order valence-corrected chi connectivity index (χ3v) is 3.96. The van der Waals surface area contributed by atoms with E-state index in [-0.39, 0.29) is 11.7 Å². The lowest BCUT2D eigenvalue weighted by molar-refractivity contribution is 0.0987. The van der Waals surface area contributed by atoms with Crippen LogP contribution < -0.4 is 5.32 Å². The van der Waals surface area contributed by atoms with E-state index in [1.165, 1.54) is 0 Å². The molecule has 4 aromatic rings. The van der Waals surface area contributed by atoms with E-state index >= 15 is 0 Å². The van der Waals surface area contributed by atoms with Gasteiger partial charge in [-0.1, -0.05) is 24.3 Å². The van der Waals surface area contributed by atoms with E-state index in [1.54, 1.807) is 19.2 Å². The molecule has 130 valence electrons. The number of aromatic amines is 1. The van der Waals surface area contributed by atoms with Crippen LogP contribution >= 0.6 is 0 Å². The second-order valence-electron chi connectivity index (χ2n) is 5.84. The molecule has 2 aromatic heterocycles. The van der Waals surface area contributed by atoms with E-state index in [4.69, 9.17) is 9.15 Å². The summed E-state index contributed by atoms with van der Waals surface area (Å²) in [6.07, 6.45) is 0. The number of amides is 1. The molecule has 2 N–H and O–H groups in total. The highest BCUT2D eigenvalue weighted by Gasteiger charge is 2.12. The lowest BCUT2D eigenvalue weighted by Crippen LogP contribution is -2.10. The van der Waals surface area contributed by atoms with Crippen LogP contribution in [0.4, 0.5) is 5.69 Å². The van der Waals surface area contributed by atoms with Crippen LogP contribution in [0.5, 0.6) is 0 Å². The van der Waals surface area contributed by atoms with Crippen LogP contribution in [0, 0.1) is 0 Å². The van der Waals surface area contributed by atoms with Gasteiger partial charge in [-0.15, -0.1) is 0 Å². The number of benzene rings is 2. The highest BCUT2D eigenvalue weighted by Crippen LogP contribution is 2.23. The molecule has 0 unspecified atom stereocenters. The minimum absolute atomic E-state index is 0.242. The number of carbonyl (C=O) groups is 1. The van der Waals surface area contributed by atoms with Gasteiger partial charge in [0.1, 0.15) is 18.2 Å². The van der Waals surface area contributed by atoms with Gasteiger partial charge in [-0.25, -0.2) is 4.98 Å². The van der Waals surface area contributed by atoms with Crippen LogP contribution in [0.15, 0.2) is 65.1 Å². The Bertz CT molecular complexity index is 1030. The average Bonchev–Trinajstić information content (AvgIpc) is 3.29. The first kappa shape index (κ1) is 16.1. The molecule has 4 rings (SSSR count). The number of fused-ring (bicyclic) bond motifs is 1. The number of carbonyl (C=O) groups excluding carboxylic acids is 1. The number of rotatable bonds is 5. The average molecular weight is 347 g/mol. The van der Waals surface area contributed by atoms with Crippen molar-refractivity contribution in [3.8, 4) is 11.4 Å². The van der Waals surface area contributed by atoms with Crippen LogP contribution in [-0.4, -0.2) is 23.0 Å². The molecule has 2 aromatic carbocycles. The van der Waals surface area contributed by atoms with Gasteiger partial charge in [0.25, 0.3) is 5.91 Å². The number of hydrogen-bond donors (Lipinski definition) is 2. The molecule has 0 atom stereocenters. The molecule has 2 heterocycles. The summed E-state index contributed by atoms with van der Waals surface area (Å²) < 4.78 is 10.5. The van der Waals surface area contributed by atoms with Crippen molar-refractivity contribution in [1.82, 2.24) is 9.97 Å². The molecule has 26 heavy (non-hydrogen) atoms. The second kappa shape index (κ2) is 6.85. The summed E-state index contributed by atoms with van der Waals surface area (Å²) in [5.41, 5.74) is 3.42. The van der Waals surface area contributed by atoms with Crippen molar-refractivity contribution in [3.63, 3.8) is 0 Å². The Balaban J connectivity index is 1.56. The Morgan fingerprint density at radius 2 is 2.04 bits per heavy atom. The van der Waals surface area contributed by atoms with E-state index in [2.05, 4.69) is 15.3 Å². The standard InChI is InChI=1S/C20H17N3O3/c1-25-12-15-9-10-18(26-15)20(24)21-14-6-4-5-13(11-14)19-22-16-7-2-3-8-17(16)23-19/h2-11H,12H2,1H3,(H,21,24)(H,22,23). The molecule has 0 saturated carbocycles. The van der Waals surface area contributed by atoms with E-state index in [1.807, 2.05) is 48.5 Å². The fourth-order valence-electron chi connectivity index (χ4n) is 2.75. The van der Waals surface area contributed by atoms with Gasteiger partial charge in [0.15, 0.2) is 5.76 Å². The van der Waals surface area contributed by atoms with Crippen molar-refractivity contribution < 1.29 is 13.9 Å². The first-order chi connectivity index (χ1) is 12.7. The summed E-state index contributed by atoms with van der Waals surface area (Å²) in [6.45, 7) is 0.328. The van der Waals surface area contributed by atoms with Crippen LogP contribution in [-0.2, 0) is 11.3 Å². The summed E-state index contributed by atoms with van der Waals surface area (Å²) in [4.78, 5) is 20.2. The number of imidazole rings is 1.